The van der Waals surface area contributed by atoms with E-state index in [0.717, 1.165) is 28.4 Å². The van der Waals surface area contributed by atoms with E-state index in [2.05, 4.69) is 29.3 Å². The van der Waals surface area contributed by atoms with Gasteiger partial charge < -0.3 is 15.1 Å². The zero-order valence-electron chi connectivity index (χ0n) is 22.2. The number of benzene rings is 4. The Morgan fingerprint density at radius 2 is 1.62 bits per heavy atom. The number of carbonyl (C=O) groups excluding carboxylic acids is 2. The summed E-state index contributed by atoms with van der Waals surface area (Å²) in [6, 6.07) is 31.5. The van der Waals surface area contributed by atoms with Crippen LogP contribution >= 0.6 is 11.8 Å². The zero-order chi connectivity index (χ0) is 27.9. The van der Waals surface area contributed by atoms with E-state index < -0.39 is 0 Å². The molecule has 1 N–H and O–H groups in total. The molecule has 1 aliphatic rings. The molecular weight excluding hydrogens is 521 g/mol. The minimum Gasteiger partial charge on any atom is -0.370 e. The molecule has 1 aliphatic heterocycles. The minimum atomic E-state index is -0.340. The molecule has 4 aromatic rings. The van der Waals surface area contributed by atoms with Crippen LogP contribution in [0.15, 0.2) is 113 Å². The van der Waals surface area contributed by atoms with Gasteiger partial charge in [0.2, 0.25) is 0 Å². The predicted molar refractivity (Wildman–Crippen MR) is 161 cm³/mol. The number of nitrogens with zero attached hydrogens (tertiary/aromatic N) is 2. The average Bonchev–Trinajstić information content (AvgIpc) is 2.99. The van der Waals surface area contributed by atoms with Crippen molar-refractivity contribution in [2.24, 2.45) is 0 Å². The van der Waals surface area contributed by atoms with Crippen molar-refractivity contribution in [1.29, 1.82) is 0 Å². The third-order valence-electron chi connectivity index (χ3n) is 6.76. The average molecular weight is 552 g/mol. The molecule has 0 saturated heterocycles. The fourth-order valence-electron chi connectivity index (χ4n) is 4.61. The van der Waals surface area contributed by atoms with Crippen molar-refractivity contribution in [2.75, 3.05) is 29.4 Å². The molecule has 1 heterocycles. The summed E-state index contributed by atoms with van der Waals surface area (Å²) >= 11 is 1.40. The van der Waals surface area contributed by atoms with Crippen LogP contribution in [0.25, 0.3) is 6.08 Å². The van der Waals surface area contributed by atoms with Gasteiger partial charge in [0, 0.05) is 41.3 Å². The van der Waals surface area contributed by atoms with E-state index in [0.29, 0.717) is 29.1 Å². The normalized spacial score (nSPS) is 13.7. The SMILES string of the molecule is CCN(CCNC(=O)c1ccc(C=C2Sc3ccccc3N(Cc3ccccc3F)C2=O)cc1)c1ccccc1. The summed E-state index contributed by atoms with van der Waals surface area (Å²) in [4.78, 5) is 31.6. The number of hydrogen-bond donors (Lipinski definition) is 1. The second-order valence-electron chi connectivity index (χ2n) is 9.35. The van der Waals surface area contributed by atoms with Crippen LogP contribution in [0, 0.1) is 5.82 Å². The molecular formula is C33H30FN3O2S. The summed E-state index contributed by atoms with van der Waals surface area (Å²) in [5.41, 5.74) is 3.71. The number of para-hydroxylation sites is 2. The van der Waals surface area contributed by atoms with Crippen LogP contribution in [-0.2, 0) is 11.3 Å². The smallest absolute Gasteiger partial charge is 0.265 e. The molecule has 5 rings (SSSR count). The number of nitrogens with one attached hydrogen (secondary N) is 1. The third kappa shape index (κ3) is 6.26. The first kappa shape index (κ1) is 27.2. The van der Waals surface area contributed by atoms with Gasteiger partial charge in [-0.25, -0.2) is 4.39 Å². The summed E-state index contributed by atoms with van der Waals surface area (Å²) in [6.07, 6.45) is 1.82. The summed E-state index contributed by atoms with van der Waals surface area (Å²) in [5.74, 6) is -0.669. The van der Waals surface area contributed by atoms with Gasteiger partial charge >= 0.3 is 0 Å². The zero-order valence-corrected chi connectivity index (χ0v) is 23.0. The predicted octanol–water partition coefficient (Wildman–Crippen LogP) is 6.76. The number of halogens is 1. The molecule has 5 nitrogen and oxygen atoms in total. The van der Waals surface area contributed by atoms with Crippen molar-refractivity contribution in [3.63, 3.8) is 0 Å². The van der Waals surface area contributed by atoms with Crippen LogP contribution in [0.1, 0.15) is 28.4 Å². The van der Waals surface area contributed by atoms with Gasteiger partial charge in [-0.1, -0.05) is 72.4 Å². The Morgan fingerprint density at radius 1 is 0.925 bits per heavy atom. The Bertz CT molecular complexity index is 1520. The lowest BCUT2D eigenvalue weighted by Crippen LogP contribution is -2.34. The first-order valence-electron chi connectivity index (χ1n) is 13.3. The quantitative estimate of drug-likeness (QED) is 0.234. The van der Waals surface area contributed by atoms with Crippen LogP contribution in [0.3, 0.4) is 0 Å². The largest absolute Gasteiger partial charge is 0.370 e. The molecule has 0 radical (unpaired) electrons. The first-order valence-corrected chi connectivity index (χ1v) is 14.1. The Morgan fingerprint density at radius 3 is 2.38 bits per heavy atom. The summed E-state index contributed by atoms with van der Waals surface area (Å²) in [7, 11) is 0. The topological polar surface area (TPSA) is 52.7 Å². The van der Waals surface area contributed by atoms with Crippen LogP contribution in [0.4, 0.5) is 15.8 Å². The molecule has 0 aromatic heterocycles. The fourth-order valence-corrected chi connectivity index (χ4v) is 5.67. The van der Waals surface area contributed by atoms with E-state index in [9.17, 15) is 14.0 Å². The van der Waals surface area contributed by atoms with E-state index in [1.54, 1.807) is 35.2 Å². The molecule has 7 heteroatoms. The van der Waals surface area contributed by atoms with Crippen LogP contribution in [0.5, 0.6) is 0 Å². The maximum absolute atomic E-state index is 14.4. The number of likely N-dealkylation sites (N-methyl/N-ethyl adjacent to an activating group) is 1. The standard InChI is InChI=1S/C33H30FN3O2S/c1-2-36(27-11-4-3-5-12-27)21-20-35-32(38)25-18-16-24(17-19-25)22-31-33(39)37(23-26-10-6-7-13-28(26)34)29-14-8-9-15-30(29)40-31/h3-19,22H,2,20-21,23H2,1H3,(H,35,38). The van der Waals surface area contributed by atoms with Gasteiger partial charge in [0.25, 0.3) is 11.8 Å². The molecule has 0 fully saturated rings. The molecule has 0 bridgehead atoms. The van der Waals surface area contributed by atoms with Gasteiger partial charge in [-0.05, 0) is 61.0 Å². The molecule has 202 valence electrons. The van der Waals surface area contributed by atoms with E-state index in [1.807, 2.05) is 60.7 Å². The van der Waals surface area contributed by atoms with Crippen molar-refractivity contribution < 1.29 is 14.0 Å². The number of rotatable bonds is 9. The number of anilines is 2. The molecule has 0 unspecified atom stereocenters. The van der Waals surface area contributed by atoms with Gasteiger partial charge in [0.15, 0.2) is 0 Å². The third-order valence-corrected chi connectivity index (χ3v) is 7.84. The van der Waals surface area contributed by atoms with Crippen molar-refractivity contribution in [3.8, 4) is 0 Å². The number of amides is 2. The maximum Gasteiger partial charge on any atom is 0.265 e. The second-order valence-corrected chi connectivity index (χ2v) is 10.4. The lowest BCUT2D eigenvalue weighted by molar-refractivity contribution is -0.114. The lowest BCUT2D eigenvalue weighted by atomic mass is 10.1. The molecule has 0 spiro atoms. The van der Waals surface area contributed by atoms with Crippen molar-refractivity contribution in [3.05, 3.63) is 131 Å². The van der Waals surface area contributed by atoms with Gasteiger partial charge in [-0.3, -0.25) is 9.59 Å². The van der Waals surface area contributed by atoms with Crippen LogP contribution < -0.4 is 15.1 Å². The minimum absolute atomic E-state index is 0.138. The Labute approximate surface area is 238 Å². The highest BCUT2D eigenvalue weighted by molar-refractivity contribution is 8.04. The van der Waals surface area contributed by atoms with Gasteiger partial charge in [-0.15, -0.1) is 0 Å². The molecule has 0 saturated carbocycles. The number of carbonyl (C=O) groups is 2. The molecule has 0 atom stereocenters. The van der Waals surface area contributed by atoms with Crippen LogP contribution in [0.2, 0.25) is 0 Å². The van der Waals surface area contributed by atoms with Gasteiger partial charge in [0.05, 0.1) is 17.1 Å². The first-order chi connectivity index (χ1) is 19.5. The Hall–Kier alpha value is -4.36. The molecule has 40 heavy (non-hydrogen) atoms. The van der Waals surface area contributed by atoms with Crippen molar-refractivity contribution in [1.82, 2.24) is 5.32 Å². The summed E-state index contributed by atoms with van der Waals surface area (Å²) in [6.45, 7) is 4.31. The molecule has 2 amide bonds. The van der Waals surface area contributed by atoms with Gasteiger partial charge in [0.1, 0.15) is 5.82 Å². The Kier molecular flexibility index (Phi) is 8.62. The van der Waals surface area contributed by atoms with E-state index >= 15 is 0 Å². The van der Waals surface area contributed by atoms with E-state index in [4.69, 9.17) is 0 Å². The number of fused-ring (bicyclic) bond motifs is 1. The van der Waals surface area contributed by atoms with Crippen LogP contribution in [-0.4, -0.2) is 31.4 Å². The highest BCUT2D eigenvalue weighted by Gasteiger charge is 2.29. The molecule has 4 aromatic carbocycles. The highest BCUT2D eigenvalue weighted by Crippen LogP contribution is 2.42. The highest BCUT2D eigenvalue weighted by atomic mass is 32.2. The maximum atomic E-state index is 14.4. The Balaban J connectivity index is 1.27. The number of thioether (sulfide) groups is 1. The summed E-state index contributed by atoms with van der Waals surface area (Å²) < 4.78 is 14.4. The molecule has 0 aliphatic carbocycles. The lowest BCUT2D eigenvalue weighted by Gasteiger charge is -2.30. The number of hydrogen-bond acceptors (Lipinski definition) is 4. The van der Waals surface area contributed by atoms with Crippen molar-refractivity contribution >= 4 is 41.0 Å². The fraction of sp³-hybridized carbons (Fsp3) is 0.152. The van der Waals surface area contributed by atoms with E-state index in [-0.39, 0.29) is 24.2 Å². The van der Waals surface area contributed by atoms with Crippen molar-refractivity contribution in [2.45, 2.75) is 18.4 Å². The van der Waals surface area contributed by atoms with E-state index in [1.165, 1.54) is 17.8 Å². The second kappa shape index (κ2) is 12.7. The monoisotopic (exact) mass is 551 g/mol. The van der Waals surface area contributed by atoms with Gasteiger partial charge in [-0.2, -0.15) is 0 Å². The summed E-state index contributed by atoms with van der Waals surface area (Å²) in [5, 5.41) is 2.99.